The molecule has 0 amide bonds. The highest BCUT2D eigenvalue weighted by Gasteiger charge is 2.40. The van der Waals surface area contributed by atoms with Crippen LogP contribution in [0, 0.1) is 0 Å². The highest BCUT2D eigenvalue weighted by Crippen LogP contribution is 2.34. The molecular formula is C20H36N2O16. The van der Waals surface area contributed by atoms with Gasteiger partial charge in [0.2, 0.25) is 0 Å². The summed E-state index contributed by atoms with van der Waals surface area (Å²) in [6, 6.07) is 0. The molecule has 16 N–H and O–H groups in total. The van der Waals surface area contributed by atoms with Gasteiger partial charge in [0.15, 0.2) is 0 Å². The second-order valence-electron chi connectivity index (χ2n) is 8.51. The van der Waals surface area contributed by atoms with E-state index in [2.05, 4.69) is 9.97 Å². The topological polar surface area (TPSA) is 349 Å². The van der Waals surface area contributed by atoms with Crippen molar-refractivity contribution in [2.24, 2.45) is 0 Å². The average molecular weight is 561 g/mol. The minimum absolute atomic E-state index is 0.991. The zero-order valence-electron chi connectivity index (χ0n) is 19.8. The van der Waals surface area contributed by atoms with Gasteiger partial charge in [-0.05, 0) is 0 Å². The van der Waals surface area contributed by atoms with E-state index in [0.29, 0.717) is 0 Å². The summed E-state index contributed by atoms with van der Waals surface area (Å²) in [5.41, 5.74) is -3.96. The van der Waals surface area contributed by atoms with Crippen LogP contribution in [-0.2, 0) is 0 Å². The molecule has 0 spiro atoms. The SMILES string of the molecule is OC[C@@H](O)[C@@H](O)[C@H](O)c1nc([C@@H](O)[C@H](O)[C@H](O)CO)c([C@@H](O)[C@H](O)[C@H](O)CO)nc1[C@@H](O)[C@H](O)[C@H](O)CO. The molecular weight excluding hydrogens is 524 g/mol. The van der Waals surface area contributed by atoms with E-state index < -0.39 is 122 Å². The van der Waals surface area contributed by atoms with Crippen molar-refractivity contribution in [2.45, 2.75) is 73.2 Å². The Labute approximate surface area is 214 Å². The van der Waals surface area contributed by atoms with Crippen LogP contribution in [0.4, 0.5) is 0 Å². The van der Waals surface area contributed by atoms with Crippen LogP contribution in [0.5, 0.6) is 0 Å². The molecule has 0 saturated carbocycles. The number of aromatic nitrogens is 2. The first kappa shape index (κ1) is 34.5. The van der Waals surface area contributed by atoms with Gasteiger partial charge in [0.1, 0.15) is 73.2 Å². The minimum atomic E-state index is -2.40. The Morgan fingerprint density at radius 1 is 0.342 bits per heavy atom. The predicted octanol–water partition coefficient (Wildman–Crippen LogP) is -8.53. The Hall–Kier alpha value is -1.56. The maximum absolute atomic E-state index is 10.6. The number of rotatable bonds is 16. The quantitative estimate of drug-likeness (QED) is 0.0891. The van der Waals surface area contributed by atoms with Crippen LogP contribution in [-0.4, -0.2) is 167 Å². The van der Waals surface area contributed by atoms with Crippen molar-refractivity contribution in [2.75, 3.05) is 26.4 Å². The second kappa shape index (κ2) is 15.3. The molecule has 0 aliphatic rings. The first-order chi connectivity index (χ1) is 17.7. The van der Waals surface area contributed by atoms with Gasteiger partial charge in [0.25, 0.3) is 0 Å². The van der Waals surface area contributed by atoms with E-state index >= 15 is 0 Å². The van der Waals surface area contributed by atoms with Crippen molar-refractivity contribution in [3.8, 4) is 0 Å². The van der Waals surface area contributed by atoms with Crippen molar-refractivity contribution in [3.63, 3.8) is 0 Å². The smallest absolute Gasteiger partial charge is 0.126 e. The van der Waals surface area contributed by atoms with E-state index in [1.54, 1.807) is 0 Å². The van der Waals surface area contributed by atoms with Crippen LogP contribution < -0.4 is 0 Å². The Kier molecular flexibility index (Phi) is 13.9. The predicted molar refractivity (Wildman–Crippen MR) is 118 cm³/mol. The zero-order valence-corrected chi connectivity index (χ0v) is 19.8. The van der Waals surface area contributed by atoms with E-state index in [-0.39, 0.29) is 0 Å². The average Bonchev–Trinajstić information content (AvgIpc) is 2.95. The molecule has 222 valence electrons. The monoisotopic (exact) mass is 560 g/mol. The molecule has 0 saturated heterocycles. The lowest BCUT2D eigenvalue weighted by Crippen LogP contribution is -2.41. The summed E-state index contributed by atoms with van der Waals surface area (Å²) in [7, 11) is 0. The summed E-state index contributed by atoms with van der Waals surface area (Å²) < 4.78 is 0. The van der Waals surface area contributed by atoms with Crippen molar-refractivity contribution >= 4 is 0 Å². The van der Waals surface area contributed by atoms with Crippen LogP contribution in [0.2, 0.25) is 0 Å². The molecule has 1 rings (SSSR count). The fraction of sp³-hybridized carbons (Fsp3) is 0.800. The zero-order chi connectivity index (χ0) is 29.5. The van der Waals surface area contributed by atoms with Gasteiger partial charge in [-0.1, -0.05) is 0 Å². The highest BCUT2D eigenvalue weighted by molar-refractivity contribution is 5.29. The number of nitrogens with zero attached hydrogens (tertiary/aromatic N) is 2. The maximum atomic E-state index is 10.6. The summed E-state index contributed by atoms with van der Waals surface area (Å²) in [4.78, 5) is 7.45. The number of hydrogen-bond donors (Lipinski definition) is 16. The van der Waals surface area contributed by atoms with Crippen LogP contribution in [0.1, 0.15) is 47.2 Å². The summed E-state index contributed by atoms with van der Waals surface area (Å²) >= 11 is 0. The molecule has 0 fully saturated rings. The summed E-state index contributed by atoms with van der Waals surface area (Å²) in [5.74, 6) is 0. The van der Waals surface area contributed by atoms with Crippen molar-refractivity contribution in [1.29, 1.82) is 0 Å². The molecule has 0 radical (unpaired) electrons. The summed E-state index contributed by atoms with van der Waals surface area (Å²) in [6.45, 7) is -4.41. The van der Waals surface area contributed by atoms with Gasteiger partial charge in [-0.15, -0.1) is 0 Å². The molecule has 12 atom stereocenters. The molecule has 18 nitrogen and oxygen atoms in total. The molecule has 1 aromatic heterocycles. The van der Waals surface area contributed by atoms with E-state index in [1.807, 2.05) is 0 Å². The summed E-state index contributed by atoms with van der Waals surface area (Å²) in [6.07, 6.45) is -26.9. The van der Waals surface area contributed by atoms with Gasteiger partial charge < -0.3 is 81.7 Å². The van der Waals surface area contributed by atoms with E-state index in [1.165, 1.54) is 0 Å². The Balaban J connectivity index is 3.99. The van der Waals surface area contributed by atoms with Gasteiger partial charge in [-0.25, -0.2) is 9.97 Å². The third-order valence-electron chi connectivity index (χ3n) is 5.75. The Morgan fingerprint density at radius 2 is 0.500 bits per heavy atom. The molecule has 0 aliphatic heterocycles. The van der Waals surface area contributed by atoms with Crippen molar-refractivity contribution in [1.82, 2.24) is 9.97 Å². The van der Waals surface area contributed by atoms with Gasteiger partial charge in [-0.3, -0.25) is 0 Å². The lowest BCUT2D eigenvalue weighted by molar-refractivity contribution is -0.0939. The standard InChI is InChI=1S/C20H36N2O16/c23-1-5(27)13(31)17(35)9-10(18(36)14(32)6(28)2-24)22-12(20(38)16(34)8(30)4-26)11(21-9)19(37)15(33)7(29)3-25/h5-8,13-20,23-38H,1-4H2/t5-,6-,7-,8-,13-,14-,15-,16-,17-,18-,19-,20-/m1/s1. The van der Waals surface area contributed by atoms with Crippen molar-refractivity contribution < 1.29 is 81.7 Å². The fourth-order valence-corrected chi connectivity index (χ4v) is 3.28. The van der Waals surface area contributed by atoms with Crippen molar-refractivity contribution in [3.05, 3.63) is 22.8 Å². The Morgan fingerprint density at radius 3 is 0.632 bits per heavy atom. The van der Waals surface area contributed by atoms with Crippen LogP contribution in [0.3, 0.4) is 0 Å². The number of aliphatic hydroxyl groups is 16. The number of hydrogen-bond acceptors (Lipinski definition) is 18. The molecule has 0 unspecified atom stereocenters. The molecule has 0 aromatic carbocycles. The van der Waals surface area contributed by atoms with Crippen LogP contribution >= 0.6 is 0 Å². The highest BCUT2D eigenvalue weighted by atomic mass is 16.4. The fourth-order valence-electron chi connectivity index (χ4n) is 3.28. The minimum Gasteiger partial charge on any atom is -0.394 e. The lowest BCUT2D eigenvalue weighted by Gasteiger charge is -2.31. The first-order valence-electron chi connectivity index (χ1n) is 11.2. The van der Waals surface area contributed by atoms with Gasteiger partial charge in [0, 0.05) is 0 Å². The summed E-state index contributed by atoms with van der Waals surface area (Å²) in [5, 5.41) is 158. The van der Waals surface area contributed by atoms with Gasteiger partial charge in [-0.2, -0.15) is 0 Å². The lowest BCUT2D eigenvalue weighted by atomic mass is 9.94. The molecule has 0 aliphatic carbocycles. The molecule has 18 heteroatoms. The maximum Gasteiger partial charge on any atom is 0.126 e. The molecule has 38 heavy (non-hydrogen) atoms. The van der Waals surface area contributed by atoms with E-state index in [0.717, 1.165) is 0 Å². The molecule has 1 aromatic rings. The van der Waals surface area contributed by atoms with Crippen LogP contribution in [0.25, 0.3) is 0 Å². The van der Waals surface area contributed by atoms with Gasteiger partial charge >= 0.3 is 0 Å². The Bertz CT molecular complexity index is 721. The molecule has 0 bridgehead atoms. The number of aliphatic hydroxyl groups excluding tert-OH is 16. The van der Waals surface area contributed by atoms with E-state index in [4.69, 9.17) is 20.4 Å². The second-order valence-corrected chi connectivity index (χ2v) is 8.51. The first-order valence-corrected chi connectivity index (χ1v) is 11.2. The van der Waals surface area contributed by atoms with Crippen LogP contribution in [0.15, 0.2) is 0 Å². The largest absolute Gasteiger partial charge is 0.394 e. The van der Waals surface area contributed by atoms with E-state index in [9.17, 15) is 61.3 Å². The van der Waals surface area contributed by atoms with Gasteiger partial charge in [0.05, 0.1) is 49.2 Å². The third kappa shape index (κ3) is 7.76. The third-order valence-corrected chi connectivity index (χ3v) is 5.75. The molecule has 1 heterocycles. The normalized spacial score (nSPS) is 21.9.